The first-order chi connectivity index (χ1) is 25.9. The third-order valence-corrected chi connectivity index (χ3v) is 8.39. The zero-order chi connectivity index (χ0) is 40.8. The molecule has 0 aliphatic heterocycles. The maximum atomic E-state index is 13.3. The standard InChI is InChI=1S/C34H39N5O2.2C2HF3O2/c1-3-27(40)14-6-5-7-16-29(34-35-23-30(38-34)26-19-18-24-12-8-9-13-25(24)22-26)37-33(41)20-21-39-31-17-11-10-15-28(31)36-32(39)4-2;2*3-2(4,5)1(6)7/h8-13,15,17-19,22-23,29H,3-7,14,16,20-21H2,1-2H3,(H2,35,37,38,41);2*(H,6,7)/t29-;;/m0../s1. The Labute approximate surface area is 311 Å². The van der Waals surface area contributed by atoms with Crippen molar-refractivity contribution in [3.8, 4) is 11.3 Å². The SMILES string of the molecule is CCC(=O)CCCCC[C@H](NC(=O)CC[n+]1c(CC)[nH]c2ccccc21)c1[nH]c(-c2ccc3ccccc3c2)c[nH+]1.O=C([O-])C(F)(F)F.O=C([O-])C(F)(F)F. The maximum Gasteiger partial charge on any atom is 0.430 e. The molecule has 0 spiro atoms. The minimum absolute atomic E-state index is 0.0197. The third kappa shape index (κ3) is 13.6. The number of ketones is 1. The first-order valence-corrected chi connectivity index (χ1v) is 17.4. The molecule has 55 heavy (non-hydrogen) atoms. The first kappa shape index (κ1) is 43.7. The topological polar surface area (TPSA) is 176 Å². The summed E-state index contributed by atoms with van der Waals surface area (Å²) < 4.78 is 65.3. The van der Waals surface area contributed by atoms with Gasteiger partial charge in [0.25, 0.3) is 11.6 Å². The highest BCUT2D eigenvalue weighted by Gasteiger charge is 2.29. The number of nitrogens with zero attached hydrogens (tertiary/aromatic N) is 1. The van der Waals surface area contributed by atoms with E-state index in [-0.39, 0.29) is 11.9 Å². The van der Waals surface area contributed by atoms with E-state index in [9.17, 15) is 35.9 Å². The highest BCUT2D eigenvalue weighted by atomic mass is 19.4. The number of carboxylic acid groups (broad SMARTS) is 2. The number of fused-ring (bicyclic) bond motifs is 2. The second kappa shape index (κ2) is 20.1. The molecule has 0 saturated heterocycles. The fraction of sp³-hybridized carbons (Fsp3) is 0.368. The van der Waals surface area contributed by atoms with Gasteiger partial charge in [-0.2, -0.15) is 26.3 Å². The summed E-state index contributed by atoms with van der Waals surface area (Å²) in [4.78, 5) is 53.0. The van der Waals surface area contributed by atoms with Crippen molar-refractivity contribution >= 4 is 45.4 Å². The number of carboxylic acids is 2. The summed E-state index contributed by atoms with van der Waals surface area (Å²) in [5.74, 6) is -3.67. The molecule has 2 heterocycles. The molecule has 3 aromatic carbocycles. The molecule has 296 valence electrons. The van der Waals surface area contributed by atoms with Crippen molar-refractivity contribution in [1.29, 1.82) is 0 Å². The average Bonchev–Trinajstić information content (AvgIpc) is 3.78. The zero-order valence-corrected chi connectivity index (χ0v) is 30.0. The molecule has 17 heteroatoms. The number of aromatic nitrogens is 4. The molecule has 5 rings (SSSR count). The largest absolute Gasteiger partial charge is 0.542 e. The number of aliphatic carboxylic acids is 2. The number of Topliss-reactive ketones (excluding diaryl/α,β-unsaturated/α-hetero) is 1. The predicted octanol–water partition coefficient (Wildman–Crippen LogP) is 4.75. The molecule has 2 aromatic heterocycles. The van der Waals surface area contributed by atoms with Crippen LogP contribution in [0.2, 0.25) is 0 Å². The molecule has 0 aliphatic rings. The fourth-order valence-corrected chi connectivity index (χ4v) is 5.58. The van der Waals surface area contributed by atoms with Gasteiger partial charge in [-0.15, -0.1) is 0 Å². The van der Waals surface area contributed by atoms with Crippen LogP contribution in [0.25, 0.3) is 33.1 Å². The molecule has 5 aromatic rings. The zero-order valence-electron chi connectivity index (χ0n) is 30.0. The number of rotatable bonds is 14. The fourth-order valence-electron chi connectivity index (χ4n) is 5.58. The summed E-state index contributed by atoms with van der Waals surface area (Å²) in [6.45, 7) is 4.65. The number of nitrogens with one attached hydrogen (secondary N) is 4. The van der Waals surface area contributed by atoms with E-state index in [2.05, 4.69) is 80.3 Å². The number of hydrogen-bond donors (Lipinski definition) is 3. The molecule has 0 aliphatic carbocycles. The monoisotopic (exact) mass is 777 g/mol. The van der Waals surface area contributed by atoms with Crippen LogP contribution in [0.15, 0.2) is 72.9 Å². The highest BCUT2D eigenvalue weighted by molar-refractivity contribution is 5.86. The average molecular weight is 778 g/mol. The molecule has 0 fully saturated rings. The number of imidazole rings is 2. The van der Waals surface area contributed by atoms with Crippen LogP contribution >= 0.6 is 0 Å². The Balaban J connectivity index is 0.000000494. The Morgan fingerprint density at radius 3 is 2.04 bits per heavy atom. The van der Waals surface area contributed by atoms with Crippen LogP contribution in [0.5, 0.6) is 0 Å². The van der Waals surface area contributed by atoms with Gasteiger partial charge in [0, 0.05) is 24.8 Å². The number of benzene rings is 3. The molecule has 1 amide bonds. The normalized spacial score (nSPS) is 11.9. The van der Waals surface area contributed by atoms with Crippen LogP contribution in [-0.2, 0) is 32.1 Å². The van der Waals surface area contributed by atoms with Crippen LogP contribution in [0.4, 0.5) is 26.3 Å². The number of unbranched alkanes of at least 4 members (excludes halogenated alkanes) is 2. The third-order valence-electron chi connectivity index (χ3n) is 8.39. The van der Waals surface area contributed by atoms with Gasteiger partial charge in [0.15, 0.2) is 16.7 Å². The van der Waals surface area contributed by atoms with Crippen molar-refractivity contribution in [2.75, 3.05) is 0 Å². The van der Waals surface area contributed by atoms with Gasteiger partial charge in [0.2, 0.25) is 5.91 Å². The van der Waals surface area contributed by atoms with Gasteiger partial charge < -0.3 is 25.1 Å². The number of aromatic amines is 3. The summed E-state index contributed by atoms with van der Waals surface area (Å²) in [5, 5.41) is 23.3. The van der Waals surface area contributed by atoms with E-state index in [0.29, 0.717) is 31.6 Å². The minimum Gasteiger partial charge on any atom is -0.542 e. The van der Waals surface area contributed by atoms with Crippen LogP contribution in [-0.4, -0.2) is 45.9 Å². The van der Waals surface area contributed by atoms with E-state index in [0.717, 1.165) is 66.0 Å². The van der Waals surface area contributed by atoms with Crippen LogP contribution < -0.4 is 25.1 Å². The van der Waals surface area contributed by atoms with Crippen molar-refractivity contribution in [3.05, 3.63) is 84.6 Å². The highest BCUT2D eigenvalue weighted by Crippen LogP contribution is 2.25. The quantitative estimate of drug-likeness (QED) is 0.0833. The number of hydrogen-bond acceptors (Lipinski definition) is 6. The number of alkyl halides is 6. The van der Waals surface area contributed by atoms with E-state index in [1.807, 2.05) is 31.3 Å². The number of aryl methyl sites for hydroxylation is 2. The molecule has 0 saturated carbocycles. The molecule has 0 radical (unpaired) electrons. The molecule has 4 N–H and O–H groups in total. The summed E-state index contributed by atoms with van der Waals surface area (Å²) >= 11 is 0. The van der Waals surface area contributed by atoms with Gasteiger partial charge in [-0.3, -0.25) is 9.59 Å². The van der Waals surface area contributed by atoms with E-state index in [1.165, 1.54) is 10.8 Å². The van der Waals surface area contributed by atoms with Gasteiger partial charge >= 0.3 is 12.4 Å². The molecule has 0 unspecified atom stereocenters. The van der Waals surface area contributed by atoms with Gasteiger partial charge in [0.1, 0.15) is 30.0 Å². The van der Waals surface area contributed by atoms with Gasteiger partial charge in [-0.05, 0) is 47.9 Å². The molecule has 1 atom stereocenters. The minimum atomic E-state index is -5.19. The number of H-pyrrole nitrogens is 3. The Hall–Kier alpha value is -5.74. The van der Waals surface area contributed by atoms with Gasteiger partial charge in [-0.1, -0.05) is 69.2 Å². The lowest BCUT2D eigenvalue weighted by atomic mass is 10.0. The predicted molar refractivity (Wildman–Crippen MR) is 184 cm³/mol. The number of para-hydroxylation sites is 2. The molecule has 0 bridgehead atoms. The van der Waals surface area contributed by atoms with Crippen molar-refractivity contribution in [3.63, 3.8) is 0 Å². The molecular formula is C38H41F6N5O6. The smallest absolute Gasteiger partial charge is 0.430 e. The number of carbonyl (C=O) groups excluding carboxylic acids is 4. The van der Waals surface area contributed by atoms with Gasteiger partial charge in [0.05, 0.1) is 13.0 Å². The summed E-state index contributed by atoms with van der Waals surface area (Å²) in [7, 11) is 0. The Kier molecular flexibility index (Phi) is 15.9. The van der Waals surface area contributed by atoms with Crippen LogP contribution in [0, 0.1) is 0 Å². The molecular weight excluding hydrogens is 736 g/mol. The Morgan fingerprint density at radius 1 is 0.800 bits per heavy atom. The lowest BCUT2D eigenvalue weighted by molar-refractivity contribution is -0.677. The van der Waals surface area contributed by atoms with E-state index < -0.39 is 24.3 Å². The second-order valence-electron chi connectivity index (χ2n) is 12.3. The molecule has 11 nitrogen and oxygen atoms in total. The van der Waals surface area contributed by atoms with Crippen molar-refractivity contribution < 1.29 is 65.3 Å². The second-order valence-corrected chi connectivity index (χ2v) is 12.3. The first-order valence-electron chi connectivity index (χ1n) is 17.4. The maximum absolute atomic E-state index is 13.3. The van der Waals surface area contributed by atoms with Crippen molar-refractivity contribution in [1.82, 2.24) is 15.3 Å². The number of amides is 1. The van der Waals surface area contributed by atoms with Crippen molar-refractivity contribution in [2.24, 2.45) is 0 Å². The Bertz CT molecular complexity index is 2030. The number of carbonyl (C=O) groups is 4. The van der Waals surface area contributed by atoms with Gasteiger partial charge in [-0.25, -0.2) is 19.5 Å². The lowest BCUT2D eigenvalue weighted by Gasteiger charge is -2.14. The Morgan fingerprint density at radius 2 is 1.42 bits per heavy atom. The van der Waals surface area contributed by atoms with E-state index >= 15 is 0 Å². The lowest BCUT2D eigenvalue weighted by Crippen LogP contribution is -2.40. The summed E-state index contributed by atoms with van der Waals surface area (Å²) in [5.41, 5.74) is 4.29. The van der Waals surface area contributed by atoms with Crippen molar-refractivity contribution in [2.45, 2.75) is 90.2 Å². The van der Waals surface area contributed by atoms with E-state index in [4.69, 9.17) is 19.8 Å². The summed E-state index contributed by atoms with van der Waals surface area (Å²) in [6.07, 6.45) is -2.35. The van der Waals surface area contributed by atoms with E-state index in [1.54, 1.807) is 0 Å². The van der Waals surface area contributed by atoms with Crippen LogP contribution in [0.3, 0.4) is 0 Å². The summed E-state index contributed by atoms with van der Waals surface area (Å²) in [6, 6.07) is 22.8. The number of halogens is 6. The van der Waals surface area contributed by atoms with Crippen LogP contribution in [0.1, 0.15) is 76.5 Å².